The largest absolute Gasteiger partial charge is 0.478 e. The van der Waals surface area contributed by atoms with Crippen LogP contribution in [0.25, 0.3) is 10.9 Å². The van der Waals surface area contributed by atoms with Gasteiger partial charge in [0.1, 0.15) is 0 Å². The van der Waals surface area contributed by atoms with Gasteiger partial charge in [-0.3, -0.25) is 0 Å². The Morgan fingerprint density at radius 2 is 2.16 bits per heavy atom. The standard InChI is InChI=1S/C14H17NO4/c1-10-3-2-4-11-12(14(17)18)9-15(13(10)11)5-7-19-8-6-16/h2-4,9,16H,5-8H2,1H3,(H,17,18). The van der Waals surface area contributed by atoms with E-state index in [2.05, 4.69) is 0 Å². The summed E-state index contributed by atoms with van der Waals surface area (Å²) >= 11 is 0. The van der Waals surface area contributed by atoms with Gasteiger partial charge in [0.05, 0.1) is 30.9 Å². The van der Waals surface area contributed by atoms with E-state index in [1.54, 1.807) is 6.20 Å². The zero-order valence-electron chi connectivity index (χ0n) is 10.8. The number of hydrogen-bond donors (Lipinski definition) is 2. The van der Waals surface area contributed by atoms with Crippen molar-refractivity contribution >= 4 is 16.9 Å². The van der Waals surface area contributed by atoms with E-state index >= 15 is 0 Å². The molecular formula is C14H17NO4. The number of aliphatic hydroxyl groups is 1. The average Bonchev–Trinajstić information content (AvgIpc) is 2.75. The number of benzene rings is 1. The van der Waals surface area contributed by atoms with E-state index in [1.165, 1.54) is 0 Å². The van der Waals surface area contributed by atoms with Crippen LogP contribution in [0.2, 0.25) is 0 Å². The summed E-state index contributed by atoms with van der Waals surface area (Å²) in [5.41, 5.74) is 2.26. The fourth-order valence-electron chi connectivity index (χ4n) is 2.22. The summed E-state index contributed by atoms with van der Waals surface area (Å²) in [7, 11) is 0. The number of carbonyl (C=O) groups is 1. The number of aromatic nitrogens is 1. The van der Waals surface area contributed by atoms with E-state index in [-0.39, 0.29) is 6.61 Å². The lowest BCUT2D eigenvalue weighted by Crippen LogP contribution is -2.08. The lowest BCUT2D eigenvalue weighted by molar-refractivity contribution is 0.0698. The molecule has 1 aromatic heterocycles. The van der Waals surface area contributed by atoms with Crippen LogP contribution in [0.3, 0.4) is 0 Å². The number of nitrogens with zero attached hydrogens (tertiary/aromatic N) is 1. The van der Waals surface area contributed by atoms with Gasteiger partial charge in [0.2, 0.25) is 0 Å². The van der Waals surface area contributed by atoms with Crippen LogP contribution in [0.4, 0.5) is 0 Å². The molecule has 19 heavy (non-hydrogen) atoms. The summed E-state index contributed by atoms with van der Waals surface area (Å²) in [4.78, 5) is 11.2. The van der Waals surface area contributed by atoms with Crippen LogP contribution >= 0.6 is 0 Å². The summed E-state index contributed by atoms with van der Waals surface area (Å²) in [6.45, 7) is 3.25. The Morgan fingerprint density at radius 1 is 1.37 bits per heavy atom. The third kappa shape index (κ3) is 2.77. The molecule has 1 heterocycles. The molecule has 0 spiro atoms. The number of hydrogen-bond acceptors (Lipinski definition) is 3. The first-order valence-corrected chi connectivity index (χ1v) is 6.15. The first-order valence-electron chi connectivity index (χ1n) is 6.15. The number of para-hydroxylation sites is 1. The van der Waals surface area contributed by atoms with Gasteiger partial charge in [0, 0.05) is 18.1 Å². The molecule has 5 heteroatoms. The summed E-state index contributed by atoms with van der Waals surface area (Å²) in [6.07, 6.45) is 1.64. The summed E-state index contributed by atoms with van der Waals surface area (Å²) in [6, 6.07) is 5.63. The highest BCUT2D eigenvalue weighted by Crippen LogP contribution is 2.24. The molecule has 0 aliphatic heterocycles. The van der Waals surface area contributed by atoms with E-state index in [1.807, 2.05) is 29.7 Å². The number of carboxylic acids is 1. The lowest BCUT2D eigenvalue weighted by Gasteiger charge is -2.07. The number of aliphatic hydroxyl groups excluding tert-OH is 1. The molecule has 0 unspecified atom stereocenters. The molecule has 2 aromatic rings. The molecule has 0 aliphatic rings. The maximum Gasteiger partial charge on any atom is 0.337 e. The van der Waals surface area contributed by atoms with Crippen molar-refractivity contribution in [2.45, 2.75) is 13.5 Å². The normalized spacial score (nSPS) is 11.1. The van der Waals surface area contributed by atoms with Gasteiger partial charge in [0.15, 0.2) is 0 Å². The molecule has 0 saturated carbocycles. The minimum atomic E-state index is -0.925. The molecular weight excluding hydrogens is 246 g/mol. The Morgan fingerprint density at radius 3 is 2.84 bits per heavy atom. The fraction of sp³-hybridized carbons (Fsp3) is 0.357. The number of fused-ring (bicyclic) bond motifs is 1. The molecule has 0 bridgehead atoms. The fourth-order valence-corrected chi connectivity index (χ4v) is 2.22. The van der Waals surface area contributed by atoms with Gasteiger partial charge in [-0.15, -0.1) is 0 Å². The van der Waals surface area contributed by atoms with Gasteiger partial charge in [0.25, 0.3) is 0 Å². The van der Waals surface area contributed by atoms with Crippen LogP contribution in [0.15, 0.2) is 24.4 Å². The summed E-state index contributed by atoms with van der Waals surface area (Å²) < 4.78 is 7.12. The molecule has 0 radical (unpaired) electrons. The van der Waals surface area contributed by atoms with Gasteiger partial charge in [-0.05, 0) is 12.5 Å². The topological polar surface area (TPSA) is 71.7 Å². The first-order chi connectivity index (χ1) is 9.15. The van der Waals surface area contributed by atoms with Crippen molar-refractivity contribution in [3.63, 3.8) is 0 Å². The molecule has 0 saturated heterocycles. The number of rotatable bonds is 6. The van der Waals surface area contributed by atoms with Crippen LogP contribution in [0, 0.1) is 6.92 Å². The number of ether oxygens (including phenoxy) is 1. The van der Waals surface area contributed by atoms with Crippen molar-refractivity contribution in [1.29, 1.82) is 0 Å². The highest BCUT2D eigenvalue weighted by molar-refractivity contribution is 6.04. The highest BCUT2D eigenvalue weighted by Gasteiger charge is 2.14. The van der Waals surface area contributed by atoms with E-state index < -0.39 is 5.97 Å². The highest BCUT2D eigenvalue weighted by atomic mass is 16.5. The van der Waals surface area contributed by atoms with E-state index in [0.717, 1.165) is 16.5 Å². The Bertz CT molecular complexity index is 588. The van der Waals surface area contributed by atoms with E-state index in [0.29, 0.717) is 25.3 Å². The van der Waals surface area contributed by atoms with Crippen LogP contribution in [0.5, 0.6) is 0 Å². The predicted octanol–water partition coefficient (Wildman–Crippen LogP) is 1.66. The van der Waals surface area contributed by atoms with Crippen molar-refractivity contribution < 1.29 is 19.7 Å². The molecule has 0 fully saturated rings. The lowest BCUT2D eigenvalue weighted by atomic mass is 10.1. The molecule has 2 rings (SSSR count). The molecule has 0 amide bonds. The minimum Gasteiger partial charge on any atom is -0.478 e. The van der Waals surface area contributed by atoms with Crippen molar-refractivity contribution in [1.82, 2.24) is 4.57 Å². The average molecular weight is 263 g/mol. The summed E-state index contributed by atoms with van der Waals surface area (Å²) in [5, 5.41) is 18.6. The van der Waals surface area contributed by atoms with Crippen molar-refractivity contribution in [2.24, 2.45) is 0 Å². The third-order valence-electron chi connectivity index (χ3n) is 3.04. The molecule has 5 nitrogen and oxygen atoms in total. The van der Waals surface area contributed by atoms with E-state index in [9.17, 15) is 9.90 Å². The smallest absolute Gasteiger partial charge is 0.337 e. The van der Waals surface area contributed by atoms with Crippen molar-refractivity contribution in [2.75, 3.05) is 19.8 Å². The maximum absolute atomic E-state index is 11.2. The molecule has 2 N–H and O–H groups in total. The first kappa shape index (κ1) is 13.6. The Balaban J connectivity index is 2.35. The zero-order chi connectivity index (χ0) is 13.8. The van der Waals surface area contributed by atoms with Crippen LogP contribution in [0.1, 0.15) is 15.9 Å². The van der Waals surface area contributed by atoms with Gasteiger partial charge in [-0.25, -0.2) is 4.79 Å². The Hall–Kier alpha value is -1.85. The molecule has 1 aromatic carbocycles. The maximum atomic E-state index is 11.2. The van der Waals surface area contributed by atoms with Gasteiger partial charge >= 0.3 is 5.97 Å². The second kappa shape index (κ2) is 5.86. The van der Waals surface area contributed by atoms with Crippen molar-refractivity contribution in [3.05, 3.63) is 35.5 Å². The van der Waals surface area contributed by atoms with E-state index in [4.69, 9.17) is 9.84 Å². The van der Waals surface area contributed by atoms with Crippen LogP contribution < -0.4 is 0 Å². The quantitative estimate of drug-likeness (QED) is 0.777. The summed E-state index contributed by atoms with van der Waals surface area (Å²) in [5.74, 6) is -0.925. The molecule has 0 atom stereocenters. The van der Waals surface area contributed by atoms with Crippen LogP contribution in [-0.2, 0) is 11.3 Å². The number of carboxylic acid groups (broad SMARTS) is 1. The van der Waals surface area contributed by atoms with Crippen LogP contribution in [-0.4, -0.2) is 40.6 Å². The SMILES string of the molecule is Cc1cccc2c(C(=O)O)cn(CCOCCO)c12. The van der Waals surface area contributed by atoms with Gasteiger partial charge in [-0.1, -0.05) is 18.2 Å². The predicted molar refractivity (Wildman–Crippen MR) is 71.5 cm³/mol. The second-order valence-electron chi connectivity index (χ2n) is 4.35. The zero-order valence-corrected chi connectivity index (χ0v) is 10.8. The second-order valence-corrected chi connectivity index (χ2v) is 4.35. The molecule has 0 aliphatic carbocycles. The van der Waals surface area contributed by atoms with Gasteiger partial charge < -0.3 is 19.5 Å². The number of aryl methyl sites for hydroxylation is 1. The third-order valence-corrected chi connectivity index (χ3v) is 3.04. The van der Waals surface area contributed by atoms with Crippen molar-refractivity contribution in [3.8, 4) is 0 Å². The minimum absolute atomic E-state index is 0.00811. The monoisotopic (exact) mass is 263 g/mol. The number of aromatic carboxylic acids is 1. The Labute approximate surface area is 111 Å². The Kier molecular flexibility index (Phi) is 4.19. The molecule has 102 valence electrons. The van der Waals surface area contributed by atoms with Gasteiger partial charge in [-0.2, -0.15) is 0 Å².